The predicted molar refractivity (Wildman–Crippen MR) is 59.9 cm³/mol. The van der Waals surface area contributed by atoms with E-state index in [1.807, 2.05) is 6.08 Å². The van der Waals surface area contributed by atoms with Gasteiger partial charge in [-0.15, -0.1) is 0 Å². The van der Waals surface area contributed by atoms with E-state index in [1.165, 1.54) is 6.42 Å². The van der Waals surface area contributed by atoms with Crippen molar-refractivity contribution < 1.29 is 9.53 Å². The minimum Gasteiger partial charge on any atom is -0.368 e. The van der Waals surface area contributed by atoms with Crippen molar-refractivity contribution in [1.29, 1.82) is 0 Å². The first kappa shape index (κ1) is 9.41. The van der Waals surface area contributed by atoms with Gasteiger partial charge in [-0.3, -0.25) is 4.79 Å². The first-order valence-electron chi connectivity index (χ1n) is 6.38. The zero-order valence-corrected chi connectivity index (χ0v) is 9.95. The van der Waals surface area contributed by atoms with Crippen LogP contribution in [0.1, 0.15) is 39.5 Å². The second-order valence-corrected chi connectivity index (χ2v) is 6.80. The third kappa shape index (κ3) is 0.839. The highest BCUT2D eigenvalue weighted by atomic mass is 16.5. The summed E-state index contributed by atoms with van der Waals surface area (Å²) in [6.07, 6.45) is 8.30. The lowest BCUT2D eigenvalue weighted by Crippen LogP contribution is -2.53. The molecule has 5 rings (SSSR count). The van der Waals surface area contributed by atoms with Crippen LogP contribution < -0.4 is 0 Å². The molecule has 0 aromatic carbocycles. The topological polar surface area (TPSA) is 26.3 Å². The Balaban J connectivity index is 1.90. The average Bonchev–Trinajstić information content (AvgIpc) is 2.51. The highest BCUT2D eigenvalue weighted by molar-refractivity contribution is 5.91. The molecule has 2 heteroatoms. The van der Waals surface area contributed by atoms with Crippen molar-refractivity contribution in [3.63, 3.8) is 0 Å². The molecule has 4 fully saturated rings. The zero-order valence-electron chi connectivity index (χ0n) is 9.95. The van der Waals surface area contributed by atoms with Crippen molar-refractivity contribution >= 4 is 5.78 Å². The number of rotatable bonds is 0. The van der Waals surface area contributed by atoms with E-state index >= 15 is 0 Å². The van der Waals surface area contributed by atoms with Gasteiger partial charge >= 0.3 is 0 Å². The van der Waals surface area contributed by atoms with Crippen LogP contribution in [0.2, 0.25) is 0 Å². The fourth-order valence-electron chi connectivity index (χ4n) is 5.29. The Hall–Kier alpha value is -0.630. The molecule has 2 saturated heterocycles. The monoisotopic (exact) mass is 218 g/mol. The molecule has 0 aromatic rings. The molecular weight excluding hydrogens is 200 g/mol. The second-order valence-electron chi connectivity index (χ2n) is 6.80. The number of carbonyl (C=O) groups excluding carboxylic acids is 1. The van der Waals surface area contributed by atoms with Gasteiger partial charge in [0.25, 0.3) is 0 Å². The Morgan fingerprint density at radius 2 is 2.12 bits per heavy atom. The van der Waals surface area contributed by atoms with E-state index in [0.717, 1.165) is 12.8 Å². The summed E-state index contributed by atoms with van der Waals surface area (Å²) in [7, 11) is 0. The van der Waals surface area contributed by atoms with Crippen molar-refractivity contribution in [2.75, 3.05) is 0 Å². The number of ether oxygens (including phenoxy) is 1. The number of ketones is 1. The number of allylic oxidation sites excluding steroid dienone is 2. The van der Waals surface area contributed by atoms with E-state index in [4.69, 9.17) is 4.74 Å². The Morgan fingerprint density at radius 3 is 2.88 bits per heavy atom. The van der Waals surface area contributed by atoms with Crippen LogP contribution in [0, 0.1) is 17.3 Å². The van der Waals surface area contributed by atoms with Crippen LogP contribution in [0.4, 0.5) is 0 Å². The minimum absolute atomic E-state index is 0.0314. The molecule has 2 saturated carbocycles. The van der Waals surface area contributed by atoms with E-state index in [2.05, 4.69) is 19.9 Å². The zero-order chi connectivity index (χ0) is 11.2. The molecule has 0 aromatic heterocycles. The van der Waals surface area contributed by atoms with Gasteiger partial charge in [0.15, 0.2) is 5.78 Å². The van der Waals surface area contributed by atoms with Crippen LogP contribution in [-0.4, -0.2) is 17.0 Å². The van der Waals surface area contributed by atoms with Crippen molar-refractivity contribution in [3.8, 4) is 0 Å². The van der Waals surface area contributed by atoms with E-state index in [9.17, 15) is 4.79 Å². The maximum Gasteiger partial charge on any atom is 0.155 e. The molecule has 2 heterocycles. The molecule has 4 bridgehead atoms. The molecule has 2 nitrogen and oxygen atoms in total. The molecular formula is C14H18O2. The fraction of sp³-hybridized carbons (Fsp3) is 0.786. The lowest BCUT2D eigenvalue weighted by atomic mass is 9.57. The molecule has 5 atom stereocenters. The molecule has 2 aliphatic heterocycles. The SMILES string of the molecule is C[C@]12C[C@@]34C=CC(=O)C[C@@H]3[C@](C)(C[C@@H]1C4)O2. The summed E-state index contributed by atoms with van der Waals surface area (Å²) >= 11 is 0. The number of hydrogen-bond donors (Lipinski definition) is 0. The largest absolute Gasteiger partial charge is 0.368 e. The lowest BCUT2D eigenvalue weighted by molar-refractivity contribution is -0.182. The van der Waals surface area contributed by atoms with Crippen LogP contribution in [0.5, 0.6) is 0 Å². The molecule has 0 radical (unpaired) electrons. The molecule has 3 aliphatic carbocycles. The minimum atomic E-state index is -0.0314. The molecule has 16 heavy (non-hydrogen) atoms. The third-order valence-electron chi connectivity index (χ3n) is 5.73. The van der Waals surface area contributed by atoms with Crippen LogP contribution in [0.15, 0.2) is 12.2 Å². The predicted octanol–water partition coefficient (Wildman–Crippen LogP) is 2.48. The Morgan fingerprint density at radius 1 is 1.31 bits per heavy atom. The van der Waals surface area contributed by atoms with E-state index < -0.39 is 0 Å². The number of hydrogen-bond acceptors (Lipinski definition) is 2. The van der Waals surface area contributed by atoms with Crippen molar-refractivity contribution in [2.24, 2.45) is 17.3 Å². The van der Waals surface area contributed by atoms with E-state index in [-0.39, 0.29) is 11.2 Å². The standard InChI is InChI=1S/C14H18O2/c1-12-6-9-7-14(8-13(9,2)16-12)4-3-10(15)5-11(12)14/h3-4,9,11H,5-8H2,1-2H3/t9-,11-,12+,13+,14+/m1/s1. The van der Waals surface area contributed by atoms with Gasteiger partial charge in [-0.05, 0) is 50.5 Å². The van der Waals surface area contributed by atoms with E-state index in [0.29, 0.717) is 29.5 Å². The third-order valence-corrected chi connectivity index (χ3v) is 5.73. The van der Waals surface area contributed by atoms with Crippen molar-refractivity contribution in [3.05, 3.63) is 12.2 Å². The average molecular weight is 218 g/mol. The second kappa shape index (κ2) is 2.31. The Kier molecular flexibility index (Phi) is 1.36. The van der Waals surface area contributed by atoms with Gasteiger partial charge in [-0.2, -0.15) is 0 Å². The summed E-state index contributed by atoms with van der Waals surface area (Å²) in [5.74, 6) is 1.44. The quantitative estimate of drug-likeness (QED) is 0.624. The maximum absolute atomic E-state index is 11.6. The molecule has 0 unspecified atom stereocenters. The lowest BCUT2D eigenvalue weighted by Gasteiger charge is -2.52. The molecule has 5 aliphatic rings. The first-order valence-corrected chi connectivity index (χ1v) is 6.38. The van der Waals surface area contributed by atoms with Crippen LogP contribution >= 0.6 is 0 Å². The summed E-state index contributed by atoms with van der Waals surface area (Å²) in [6.45, 7) is 4.51. The molecule has 86 valence electrons. The first-order chi connectivity index (χ1) is 7.46. The Bertz CT molecular complexity index is 426. The molecule has 1 spiro atoms. The maximum atomic E-state index is 11.6. The summed E-state index contributed by atoms with van der Waals surface area (Å²) in [4.78, 5) is 11.6. The van der Waals surface area contributed by atoms with Crippen molar-refractivity contribution in [1.82, 2.24) is 0 Å². The highest BCUT2D eigenvalue weighted by Crippen LogP contribution is 2.71. The van der Waals surface area contributed by atoms with Gasteiger partial charge < -0.3 is 4.74 Å². The smallest absolute Gasteiger partial charge is 0.155 e. The molecule has 0 amide bonds. The normalized spacial score (nSPS) is 61.8. The van der Waals surface area contributed by atoms with Gasteiger partial charge in [-0.25, -0.2) is 0 Å². The van der Waals surface area contributed by atoms with Crippen LogP contribution in [0.25, 0.3) is 0 Å². The summed E-state index contributed by atoms with van der Waals surface area (Å²) in [5, 5.41) is 0. The van der Waals surface area contributed by atoms with Gasteiger partial charge in [0, 0.05) is 12.3 Å². The van der Waals surface area contributed by atoms with Gasteiger partial charge in [0.05, 0.1) is 11.2 Å². The summed E-state index contributed by atoms with van der Waals surface area (Å²) in [5.41, 5.74) is 0.352. The number of carbonyl (C=O) groups is 1. The van der Waals surface area contributed by atoms with Gasteiger partial charge in [-0.1, -0.05) is 6.08 Å². The summed E-state index contributed by atoms with van der Waals surface area (Å²) < 4.78 is 6.35. The Labute approximate surface area is 96.0 Å². The van der Waals surface area contributed by atoms with Crippen molar-refractivity contribution in [2.45, 2.75) is 50.7 Å². The van der Waals surface area contributed by atoms with Crippen LogP contribution in [-0.2, 0) is 9.53 Å². The fourth-order valence-corrected chi connectivity index (χ4v) is 5.29. The van der Waals surface area contributed by atoms with Gasteiger partial charge in [0.2, 0.25) is 0 Å². The summed E-state index contributed by atoms with van der Waals surface area (Å²) in [6, 6.07) is 0. The van der Waals surface area contributed by atoms with Crippen LogP contribution in [0.3, 0.4) is 0 Å². The molecule has 0 N–H and O–H groups in total. The van der Waals surface area contributed by atoms with E-state index in [1.54, 1.807) is 0 Å². The highest BCUT2D eigenvalue weighted by Gasteiger charge is 2.71. The van der Waals surface area contributed by atoms with Gasteiger partial charge in [0.1, 0.15) is 0 Å².